The highest BCUT2D eigenvalue weighted by Crippen LogP contribution is 2.36. The van der Waals surface area contributed by atoms with Crippen molar-refractivity contribution in [3.05, 3.63) is 94.8 Å². The van der Waals surface area contributed by atoms with E-state index in [1.165, 1.54) is 0 Å². The fraction of sp³-hybridized carbons (Fsp3) is 0.0909. The third-order valence-electron chi connectivity index (χ3n) is 4.48. The van der Waals surface area contributed by atoms with E-state index in [0.717, 1.165) is 22.2 Å². The van der Waals surface area contributed by atoms with Crippen molar-refractivity contribution in [2.75, 3.05) is 5.32 Å². The molecular formula is C22H18ClN3O. The number of aromatic hydroxyl groups is 1. The Morgan fingerprint density at radius 3 is 2.48 bits per heavy atom. The number of rotatable bonds is 4. The van der Waals surface area contributed by atoms with Crippen LogP contribution < -0.4 is 5.32 Å². The van der Waals surface area contributed by atoms with E-state index >= 15 is 0 Å². The largest absolute Gasteiger partial charge is 0.505 e. The van der Waals surface area contributed by atoms with Crippen molar-refractivity contribution in [2.45, 2.75) is 13.0 Å². The van der Waals surface area contributed by atoms with Gasteiger partial charge >= 0.3 is 0 Å². The normalized spacial score (nSPS) is 12.1. The molecule has 1 atom stereocenters. The second kappa shape index (κ2) is 7.25. The molecule has 4 rings (SSSR count). The van der Waals surface area contributed by atoms with Crippen LogP contribution >= 0.6 is 11.6 Å². The van der Waals surface area contributed by atoms with Crippen LogP contribution in [0.2, 0.25) is 5.02 Å². The molecule has 0 amide bonds. The van der Waals surface area contributed by atoms with Crippen LogP contribution in [0.25, 0.3) is 10.9 Å². The molecule has 0 unspecified atom stereocenters. The van der Waals surface area contributed by atoms with Crippen LogP contribution in [0.1, 0.15) is 22.9 Å². The van der Waals surface area contributed by atoms with Gasteiger partial charge in [-0.2, -0.15) is 0 Å². The number of halogens is 1. The van der Waals surface area contributed by atoms with Gasteiger partial charge in [0.1, 0.15) is 17.1 Å². The summed E-state index contributed by atoms with van der Waals surface area (Å²) in [5, 5.41) is 16.0. The molecule has 0 aliphatic carbocycles. The fourth-order valence-corrected chi connectivity index (χ4v) is 3.24. The Morgan fingerprint density at radius 2 is 1.74 bits per heavy atom. The number of aromatic nitrogens is 2. The number of pyridine rings is 2. The van der Waals surface area contributed by atoms with Crippen molar-refractivity contribution in [3.63, 3.8) is 0 Å². The molecule has 134 valence electrons. The number of aryl methyl sites for hydroxylation is 1. The molecule has 2 N–H and O–H groups in total. The topological polar surface area (TPSA) is 58.0 Å². The van der Waals surface area contributed by atoms with Gasteiger partial charge < -0.3 is 10.4 Å². The lowest BCUT2D eigenvalue weighted by Gasteiger charge is -2.22. The molecule has 0 saturated heterocycles. The minimum absolute atomic E-state index is 0.166. The maximum Gasteiger partial charge on any atom is 0.147 e. The van der Waals surface area contributed by atoms with Gasteiger partial charge in [-0.3, -0.25) is 0 Å². The molecule has 27 heavy (non-hydrogen) atoms. The van der Waals surface area contributed by atoms with E-state index in [9.17, 15) is 5.11 Å². The predicted molar refractivity (Wildman–Crippen MR) is 109 cm³/mol. The first kappa shape index (κ1) is 17.3. The van der Waals surface area contributed by atoms with Gasteiger partial charge in [0.25, 0.3) is 0 Å². The van der Waals surface area contributed by atoms with Crippen molar-refractivity contribution >= 4 is 28.3 Å². The van der Waals surface area contributed by atoms with Crippen molar-refractivity contribution < 1.29 is 5.11 Å². The third-order valence-corrected chi connectivity index (χ3v) is 4.73. The van der Waals surface area contributed by atoms with Gasteiger partial charge in [0, 0.05) is 27.9 Å². The van der Waals surface area contributed by atoms with Crippen LogP contribution in [0.5, 0.6) is 5.75 Å². The lowest BCUT2D eigenvalue weighted by molar-refractivity contribution is 0.471. The SMILES string of the molecule is Cc1ccc2ccc([C@H](Nc3ccccn3)c3ccc(Cl)cc3)c(O)c2n1. The number of fused-ring (bicyclic) bond motifs is 1. The molecule has 2 heterocycles. The smallest absolute Gasteiger partial charge is 0.147 e. The van der Waals surface area contributed by atoms with Crippen LogP contribution in [0.15, 0.2) is 72.9 Å². The van der Waals surface area contributed by atoms with Crippen molar-refractivity contribution in [1.29, 1.82) is 0 Å². The number of nitrogens with zero attached hydrogens (tertiary/aromatic N) is 2. The van der Waals surface area contributed by atoms with E-state index < -0.39 is 0 Å². The van der Waals surface area contributed by atoms with E-state index in [2.05, 4.69) is 15.3 Å². The second-order valence-corrected chi connectivity index (χ2v) is 6.81. The molecule has 4 aromatic rings. The van der Waals surface area contributed by atoms with Gasteiger partial charge in [0.15, 0.2) is 0 Å². The van der Waals surface area contributed by atoms with E-state index in [4.69, 9.17) is 11.6 Å². The highest BCUT2D eigenvalue weighted by molar-refractivity contribution is 6.30. The quantitative estimate of drug-likeness (QED) is 0.494. The average molecular weight is 376 g/mol. The summed E-state index contributed by atoms with van der Waals surface area (Å²) in [4.78, 5) is 8.88. The van der Waals surface area contributed by atoms with Gasteiger partial charge in [-0.25, -0.2) is 9.97 Å². The van der Waals surface area contributed by atoms with Crippen molar-refractivity contribution in [2.24, 2.45) is 0 Å². The van der Waals surface area contributed by atoms with Gasteiger partial charge in [-0.1, -0.05) is 48.0 Å². The molecule has 0 aliphatic heterocycles. The average Bonchev–Trinajstić information content (AvgIpc) is 2.69. The number of anilines is 1. The second-order valence-electron chi connectivity index (χ2n) is 6.37. The maximum absolute atomic E-state index is 11.0. The standard InChI is InChI=1S/C22H18ClN3O/c1-14-5-6-16-9-12-18(22(27)21(16)25-14)20(15-7-10-17(23)11-8-15)26-19-4-2-3-13-24-19/h2-13,20,27H,1H3,(H,24,26)/t20-/m1/s1. The zero-order valence-corrected chi connectivity index (χ0v) is 15.5. The first-order chi connectivity index (χ1) is 13.1. The minimum Gasteiger partial charge on any atom is -0.505 e. The van der Waals surface area contributed by atoms with E-state index in [1.807, 2.05) is 73.7 Å². The van der Waals surface area contributed by atoms with Crippen LogP contribution in [-0.2, 0) is 0 Å². The summed E-state index contributed by atoms with van der Waals surface area (Å²) in [6.45, 7) is 1.91. The summed E-state index contributed by atoms with van der Waals surface area (Å²) in [5.74, 6) is 0.883. The van der Waals surface area contributed by atoms with Crippen LogP contribution in [0.4, 0.5) is 5.82 Å². The molecule has 2 aromatic heterocycles. The summed E-state index contributed by atoms with van der Waals surface area (Å²) in [6.07, 6.45) is 1.73. The maximum atomic E-state index is 11.0. The van der Waals surface area contributed by atoms with E-state index in [0.29, 0.717) is 16.4 Å². The molecule has 0 saturated carbocycles. The zero-order valence-electron chi connectivity index (χ0n) is 14.7. The molecule has 0 fully saturated rings. The molecule has 0 spiro atoms. The first-order valence-corrected chi connectivity index (χ1v) is 9.02. The van der Waals surface area contributed by atoms with Gasteiger partial charge in [0.2, 0.25) is 0 Å². The molecule has 2 aromatic carbocycles. The van der Waals surface area contributed by atoms with Crippen molar-refractivity contribution in [1.82, 2.24) is 9.97 Å². The Hall–Kier alpha value is -3.11. The molecule has 0 radical (unpaired) electrons. The van der Waals surface area contributed by atoms with Crippen LogP contribution in [-0.4, -0.2) is 15.1 Å². The lowest BCUT2D eigenvalue weighted by atomic mass is 9.96. The van der Waals surface area contributed by atoms with Gasteiger partial charge in [-0.15, -0.1) is 0 Å². The Bertz CT molecular complexity index is 1080. The van der Waals surface area contributed by atoms with E-state index in [1.54, 1.807) is 6.20 Å². The fourth-order valence-electron chi connectivity index (χ4n) is 3.11. The summed E-state index contributed by atoms with van der Waals surface area (Å²) in [6, 6.07) is 20.7. The molecule has 5 heteroatoms. The highest BCUT2D eigenvalue weighted by atomic mass is 35.5. The van der Waals surface area contributed by atoms with Gasteiger partial charge in [0.05, 0.1) is 6.04 Å². The van der Waals surface area contributed by atoms with Gasteiger partial charge in [-0.05, 0) is 42.8 Å². The van der Waals surface area contributed by atoms with E-state index in [-0.39, 0.29) is 11.8 Å². The monoisotopic (exact) mass is 375 g/mol. The predicted octanol–water partition coefficient (Wildman–Crippen LogP) is 5.50. The minimum atomic E-state index is -0.302. The molecule has 4 nitrogen and oxygen atoms in total. The molecular weight excluding hydrogens is 358 g/mol. The zero-order chi connectivity index (χ0) is 18.8. The first-order valence-electron chi connectivity index (χ1n) is 8.64. The summed E-state index contributed by atoms with van der Waals surface area (Å²) in [5.41, 5.74) is 3.14. The highest BCUT2D eigenvalue weighted by Gasteiger charge is 2.20. The third kappa shape index (κ3) is 3.57. The number of hydrogen-bond acceptors (Lipinski definition) is 4. The number of phenols is 1. The molecule has 0 bridgehead atoms. The Morgan fingerprint density at radius 1 is 0.963 bits per heavy atom. The Balaban J connectivity index is 1.86. The Kier molecular flexibility index (Phi) is 4.65. The summed E-state index contributed by atoms with van der Waals surface area (Å²) in [7, 11) is 0. The van der Waals surface area contributed by atoms with Crippen LogP contribution in [0, 0.1) is 6.92 Å². The summed E-state index contributed by atoms with van der Waals surface area (Å²) < 4.78 is 0. The Labute approximate surface area is 162 Å². The van der Waals surface area contributed by atoms with Crippen LogP contribution in [0.3, 0.4) is 0 Å². The molecule has 0 aliphatic rings. The van der Waals surface area contributed by atoms with Crippen molar-refractivity contribution in [3.8, 4) is 5.75 Å². The number of hydrogen-bond donors (Lipinski definition) is 2. The summed E-state index contributed by atoms with van der Waals surface area (Å²) >= 11 is 6.06. The number of phenolic OH excluding ortho intramolecular Hbond substituents is 1. The number of nitrogens with one attached hydrogen (secondary N) is 1. The lowest BCUT2D eigenvalue weighted by Crippen LogP contribution is -2.13. The number of benzene rings is 2.